The lowest BCUT2D eigenvalue weighted by Gasteiger charge is -2.33. The van der Waals surface area contributed by atoms with Crippen LogP contribution in [0.1, 0.15) is 50.1 Å². The minimum Gasteiger partial charge on any atom is -0.487 e. The van der Waals surface area contributed by atoms with Gasteiger partial charge < -0.3 is 30.0 Å². The summed E-state index contributed by atoms with van der Waals surface area (Å²) in [6, 6.07) is 5.07. The summed E-state index contributed by atoms with van der Waals surface area (Å²) in [5.74, 6) is 0.215. The molecule has 9 nitrogen and oxygen atoms in total. The van der Waals surface area contributed by atoms with Gasteiger partial charge in [-0.1, -0.05) is 17.7 Å². The summed E-state index contributed by atoms with van der Waals surface area (Å²) in [6.07, 6.45) is 2.85. The quantitative estimate of drug-likeness (QED) is 0.646. The number of imidazole rings is 1. The number of rotatable bonds is 6. The summed E-state index contributed by atoms with van der Waals surface area (Å²) < 4.78 is 12.5. The van der Waals surface area contributed by atoms with E-state index in [1.54, 1.807) is 40.9 Å². The van der Waals surface area contributed by atoms with E-state index in [-0.39, 0.29) is 36.3 Å². The third-order valence-electron chi connectivity index (χ3n) is 5.01. The molecule has 10 heteroatoms. The molecule has 1 aliphatic heterocycles. The molecule has 168 valence electrons. The van der Waals surface area contributed by atoms with Gasteiger partial charge in [0.1, 0.15) is 5.82 Å². The number of halogens is 1. The average molecular weight is 450 g/mol. The second kappa shape index (κ2) is 9.91. The van der Waals surface area contributed by atoms with Crippen LogP contribution >= 0.6 is 11.6 Å². The number of carbonyl (C=O) groups is 2. The molecule has 0 bridgehead atoms. The fourth-order valence-corrected chi connectivity index (χ4v) is 3.74. The number of nitrogen functional groups attached to an aromatic ring is 1. The minimum absolute atomic E-state index is 0.0470. The maximum absolute atomic E-state index is 12.8. The standard InChI is InChI=1S/C21H28ClN5O4/c1-4-30-20(28)17-19(23)27(12-24-17)14-8-10-26(11-9-14)21(29)25-16-7-5-6-15(22)18(16)31-13(2)3/h5-7,12-14H,4,8-11,23H2,1-3H3,(H,25,29). The van der Waals surface area contributed by atoms with Crippen molar-refractivity contribution in [1.82, 2.24) is 14.5 Å². The number of urea groups is 1. The Morgan fingerprint density at radius 2 is 2.03 bits per heavy atom. The number of esters is 1. The van der Waals surface area contributed by atoms with Gasteiger partial charge in [0.15, 0.2) is 11.4 Å². The molecule has 1 aromatic carbocycles. The summed E-state index contributed by atoms with van der Waals surface area (Å²) in [5, 5.41) is 3.34. The third kappa shape index (κ3) is 5.22. The fraction of sp³-hybridized carbons (Fsp3) is 0.476. The molecule has 1 saturated heterocycles. The van der Waals surface area contributed by atoms with Crippen LogP contribution in [0, 0.1) is 0 Å². The van der Waals surface area contributed by atoms with Crippen molar-refractivity contribution in [2.75, 3.05) is 30.7 Å². The molecule has 1 fully saturated rings. The number of nitrogens with zero attached hydrogens (tertiary/aromatic N) is 3. The molecule has 1 aromatic heterocycles. The molecule has 31 heavy (non-hydrogen) atoms. The highest BCUT2D eigenvalue weighted by Crippen LogP contribution is 2.34. The zero-order valence-electron chi connectivity index (χ0n) is 17.9. The van der Waals surface area contributed by atoms with Crippen LogP contribution in [0.4, 0.5) is 16.3 Å². The molecule has 2 aromatic rings. The summed E-state index contributed by atoms with van der Waals surface area (Å²) in [7, 11) is 0. The number of likely N-dealkylation sites (tertiary alicyclic amines) is 1. The lowest BCUT2D eigenvalue weighted by molar-refractivity contribution is 0.0521. The van der Waals surface area contributed by atoms with Gasteiger partial charge in [0.2, 0.25) is 0 Å². The van der Waals surface area contributed by atoms with Crippen molar-refractivity contribution in [3.8, 4) is 5.75 Å². The van der Waals surface area contributed by atoms with Gasteiger partial charge in [-0.25, -0.2) is 14.6 Å². The highest BCUT2D eigenvalue weighted by atomic mass is 35.5. The van der Waals surface area contributed by atoms with Gasteiger partial charge in [-0.05, 0) is 45.7 Å². The highest BCUT2D eigenvalue weighted by molar-refractivity contribution is 6.32. The average Bonchev–Trinajstić information content (AvgIpc) is 3.12. The number of hydrogen-bond donors (Lipinski definition) is 2. The largest absolute Gasteiger partial charge is 0.487 e. The number of amides is 2. The number of aromatic nitrogens is 2. The Morgan fingerprint density at radius 1 is 1.32 bits per heavy atom. The van der Waals surface area contributed by atoms with Crippen molar-refractivity contribution in [3.05, 3.63) is 35.2 Å². The lowest BCUT2D eigenvalue weighted by Crippen LogP contribution is -2.41. The molecule has 1 aliphatic rings. The van der Waals surface area contributed by atoms with Gasteiger partial charge in [-0.3, -0.25) is 0 Å². The smallest absolute Gasteiger partial charge is 0.360 e. The third-order valence-corrected chi connectivity index (χ3v) is 5.31. The molecule has 0 spiro atoms. The number of benzene rings is 1. The van der Waals surface area contributed by atoms with Gasteiger partial charge in [-0.2, -0.15) is 0 Å². The van der Waals surface area contributed by atoms with Crippen molar-refractivity contribution in [3.63, 3.8) is 0 Å². The highest BCUT2D eigenvalue weighted by Gasteiger charge is 2.27. The SMILES string of the molecule is CCOC(=O)c1ncn(C2CCN(C(=O)Nc3cccc(Cl)c3OC(C)C)CC2)c1N. The number of ether oxygens (including phenoxy) is 2. The van der Waals surface area contributed by atoms with E-state index in [4.69, 9.17) is 26.8 Å². The molecule has 0 atom stereocenters. The Bertz CT molecular complexity index is 938. The maximum Gasteiger partial charge on any atom is 0.360 e. The Morgan fingerprint density at radius 3 is 2.68 bits per heavy atom. The van der Waals surface area contributed by atoms with E-state index in [0.29, 0.717) is 42.4 Å². The van der Waals surface area contributed by atoms with Crippen LogP contribution in [-0.4, -0.2) is 52.3 Å². The molecule has 3 N–H and O–H groups in total. The van der Waals surface area contributed by atoms with Crippen molar-refractivity contribution >= 4 is 35.1 Å². The summed E-state index contributed by atoms with van der Waals surface area (Å²) in [6.45, 7) is 6.85. The predicted molar refractivity (Wildman–Crippen MR) is 119 cm³/mol. The first kappa shape index (κ1) is 22.7. The number of piperidine rings is 1. The van der Waals surface area contributed by atoms with E-state index in [1.807, 2.05) is 13.8 Å². The van der Waals surface area contributed by atoms with E-state index in [2.05, 4.69) is 10.3 Å². The van der Waals surface area contributed by atoms with E-state index in [9.17, 15) is 9.59 Å². The van der Waals surface area contributed by atoms with Crippen LogP contribution < -0.4 is 15.8 Å². The van der Waals surface area contributed by atoms with Gasteiger partial charge in [0, 0.05) is 19.1 Å². The van der Waals surface area contributed by atoms with Crippen LogP contribution in [0.15, 0.2) is 24.5 Å². The molecule has 2 heterocycles. The molecule has 3 rings (SSSR count). The van der Waals surface area contributed by atoms with Crippen LogP contribution in [0.5, 0.6) is 5.75 Å². The summed E-state index contributed by atoms with van der Waals surface area (Å²) in [5.41, 5.74) is 6.77. The predicted octanol–water partition coefficient (Wildman–Crippen LogP) is 3.95. The normalized spacial score (nSPS) is 14.5. The Hall–Kier alpha value is -2.94. The van der Waals surface area contributed by atoms with E-state index in [0.717, 1.165) is 0 Å². The number of anilines is 2. The molecule has 0 radical (unpaired) electrons. The monoisotopic (exact) mass is 449 g/mol. The van der Waals surface area contributed by atoms with Crippen LogP contribution in [0.25, 0.3) is 0 Å². The molecule has 2 amide bonds. The molecule has 0 unspecified atom stereocenters. The lowest BCUT2D eigenvalue weighted by atomic mass is 10.1. The van der Waals surface area contributed by atoms with E-state index < -0.39 is 5.97 Å². The summed E-state index contributed by atoms with van der Waals surface area (Å²) >= 11 is 6.25. The zero-order valence-corrected chi connectivity index (χ0v) is 18.7. The minimum atomic E-state index is -0.531. The van der Waals surface area contributed by atoms with Crippen LogP contribution in [0.2, 0.25) is 5.02 Å². The number of hydrogen-bond acceptors (Lipinski definition) is 6. The van der Waals surface area contributed by atoms with Crippen LogP contribution in [0.3, 0.4) is 0 Å². The Kier molecular flexibility index (Phi) is 7.27. The maximum atomic E-state index is 12.8. The molecular formula is C21H28ClN5O4. The van der Waals surface area contributed by atoms with Gasteiger partial charge in [0.25, 0.3) is 0 Å². The van der Waals surface area contributed by atoms with E-state index >= 15 is 0 Å². The van der Waals surface area contributed by atoms with Crippen molar-refractivity contribution in [2.45, 2.75) is 45.8 Å². The first-order valence-corrected chi connectivity index (χ1v) is 10.7. The first-order valence-electron chi connectivity index (χ1n) is 10.3. The molecular weight excluding hydrogens is 422 g/mol. The molecule has 0 saturated carbocycles. The topological polar surface area (TPSA) is 112 Å². The molecule has 0 aliphatic carbocycles. The van der Waals surface area contributed by atoms with Crippen molar-refractivity contribution < 1.29 is 19.1 Å². The zero-order chi connectivity index (χ0) is 22.5. The van der Waals surface area contributed by atoms with Crippen molar-refractivity contribution in [2.24, 2.45) is 0 Å². The Balaban J connectivity index is 1.63. The number of para-hydroxylation sites is 1. The van der Waals surface area contributed by atoms with E-state index in [1.165, 1.54) is 0 Å². The number of carbonyl (C=O) groups excluding carboxylic acids is 2. The Labute approximate surface area is 186 Å². The second-order valence-corrected chi connectivity index (χ2v) is 7.94. The number of nitrogens with two attached hydrogens (primary N) is 1. The number of nitrogens with one attached hydrogen (secondary N) is 1. The van der Waals surface area contributed by atoms with Gasteiger partial charge in [0.05, 0.1) is 29.7 Å². The van der Waals surface area contributed by atoms with Gasteiger partial charge >= 0.3 is 12.0 Å². The second-order valence-electron chi connectivity index (χ2n) is 7.54. The summed E-state index contributed by atoms with van der Waals surface area (Å²) in [4.78, 5) is 30.6. The van der Waals surface area contributed by atoms with Crippen molar-refractivity contribution in [1.29, 1.82) is 0 Å². The first-order chi connectivity index (χ1) is 14.8. The van der Waals surface area contributed by atoms with Crippen LogP contribution in [-0.2, 0) is 4.74 Å². The van der Waals surface area contributed by atoms with Gasteiger partial charge in [-0.15, -0.1) is 0 Å². The fourth-order valence-electron chi connectivity index (χ4n) is 3.52.